The van der Waals surface area contributed by atoms with Crippen LogP contribution in [0.3, 0.4) is 0 Å². The summed E-state index contributed by atoms with van der Waals surface area (Å²) in [7, 11) is 0. The first-order chi connectivity index (χ1) is 8.82. The summed E-state index contributed by atoms with van der Waals surface area (Å²) in [6.45, 7) is 0. The van der Waals surface area contributed by atoms with Crippen molar-refractivity contribution >= 4 is 38.3 Å². The number of halogens is 1. The van der Waals surface area contributed by atoms with Crippen molar-refractivity contribution in [2.24, 2.45) is 0 Å². The van der Waals surface area contributed by atoms with E-state index in [1.54, 1.807) is 0 Å². The summed E-state index contributed by atoms with van der Waals surface area (Å²) in [4.78, 5) is 46.3. The summed E-state index contributed by atoms with van der Waals surface area (Å²) in [5.74, 6) is 0. The summed E-state index contributed by atoms with van der Waals surface area (Å²) in [6.07, 6.45) is 0. The number of nitrogens with zero attached hydrogens (tertiary/aromatic N) is 2. The topological polar surface area (TPSA) is 152 Å². The fourth-order valence-corrected chi connectivity index (χ4v) is 2.11. The average Bonchev–Trinajstić information content (AvgIpc) is 2.29. The highest BCUT2D eigenvalue weighted by molar-refractivity contribution is 9.10. The van der Waals surface area contributed by atoms with Gasteiger partial charge in [0.15, 0.2) is 4.47 Å². The summed E-state index contributed by atoms with van der Waals surface area (Å²) in [5, 5.41) is 21.7. The number of hydrogen-bond acceptors (Lipinski definition) is 6. The molecule has 0 saturated carbocycles. The predicted molar refractivity (Wildman–Crippen MR) is 66.2 cm³/mol. The highest BCUT2D eigenvalue weighted by atomic mass is 79.9. The largest absolute Gasteiger partial charge is 0.315 e. The molecule has 1 heterocycles. The van der Waals surface area contributed by atoms with Crippen LogP contribution < -0.4 is 11.1 Å². The lowest BCUT2D eigenvalue weighted by Crippen LogP contribution is -2.29. The van der Waals surface area contributed by atoms with Crippen LogP contribution in [0.4, 0.5) is 11.4 Å². The van der Waals surface area contributed by atoms with Crippen molar-refractivity contribution in [2.75, 3.05) is 0 Å². The maximum atomic E-state index is 11.2. The Hall–Kier alpha value is -2.56. The van der Waals surface area contributed by atoms with E-state index in [1.807, 2.05) is 9.97 Å². The molecule has 1 aromatic carbocycles. The van der Waals surface area contributed by atoms with Crippen LogP contribution in [-0.2, 0) is 0 Å². The molecule has 19 heavy (non-hydrogen) atoms. The lowest BCUT2D eigenvalue weighted by atomic mass is 10.2. The Bertz CT molecular complexity index is 837. The molecule has 2 rings (SSSR count). The molecule has 10 nitrogen and oxygen atoms in total. The van der Waals surface area contributed by atoms with E-state index in [9.17, 15) is 29.8 Å². The molecular weight excluding hydrogens is 328 g/mol. The van der Waals surface area contributed by atoms with Crippen molar-refractivity contribution in [3.8, 4) is 0 Å². The van der Waals surface area contributed by atoms with Gasteiger partial charge in [-0.25, -0.2) is 0 Å². The van der Waals surface area contributed by atoms with E-state index in [4.69, 9.17) is 0 Å². The first-order valence-corrected chi connectivity index (χ1v) is 5.40. The van der Waals surface area contributed by atoms with E-state index in [0.717, 1.165) is 6.07 Å². The summed E-state index contributed by atoms with van der Waals surface area (Å²) >= 11 is 2.75. The number of fused-ring (bicyclic) bond motifs is 1. The molecule has 1 aromatic heterocycles. The predicted octanol–water partition coefficient (Wildman–Crippen LogP) is 0.795. The number of H-pyrrole nitrogens is 2. The van der Waals surface area contributed by atoms with Gasteiger partial charge in [0.1, 0.15) is 5.52 Å². The third-order valence-corrected chi connectivity index (χ3v) is 3.07. The minimum atomic E-state index is -1.09. The molecule has 2 aromatic rings. The maximum Gasteiger partial charge on any atom is 0.315 e. The second kappa shape index (κ2) is 4.28. The van der Waals surface area contributed by atoms with Gasteiger partial charge in [-0.15, -0.1) is 0 Å². The number of nitro benzene ring substituents is 2. The van der Waals surface area contributed by atoms with Gasteiger partial charge in [-0.2, -0.15) is 0 Å². The number of hydrogen-bond donors (Lipinski definition) is 2. The zero-order chi connectivity index (χ0) is 14.3. The quantitative estimate of drug-likeness (QED) is 0.471. The van der Waals surface area contributed by atoms with Crippen molar-refractivity contribution in [1.82, 2.24) is 9.97 Å². The monoisotopic (exact) mass is 330 g/mol. The SMILES string of the molecule is O=c1[nH]c2cc([N+](=O)[O-])c(Br)c([N+](=O)[O-])c2[nH]c1=O. The van der Waals surface area contributed by atoms with Crippen LogP contribution in [0.25, 0.3) is 11.0 Å². The van der Waals surface area contributed by atoms with Crippen LogP contribution in [-0.4, -0.2) is 19.8 Å². The van der Waals surface area contributed by atoms with Crippen LogP contribution in [0.1, 0.15) is 0 Å². The lowest BCUT2D eigenvalue weighted by Gasteiger charge is -2.02. The van der Waals surface area contributed by atoms with Crippen LogP contribution >= 0.6 is 15.9 Å². The standard InChI is InChI=1S/C8H3BrN4O6/c9-4-3(12(16)17)1-2-5(6(4)13(18)19)11-8(15)7(14)10-2/h1H,(H,10,14)(H,11,15). The number of nitro groups is 2. The molecule has 0 atom stereocenters. The molecule has 0 bridgehead atoms. The van der Waals surface area contributed by atoms with Gasteiger partial charge in [-0.05, 0) is 15.9 Å². The Morgan fingerprint density at radius 1 is 1.05 bits per heavy atom. The lowest BCUT2D eigenvalue weighted by molar-refractivity contribution is -0.394. The Kier molecular flexibility index (Phi) is 2.90. The number of nitrogens with one attached hydrogen (secondary N) is 2. The van der Waals surface area contributed by atoms with E-state index < -0.39 is 36.8 Å². The first kappa shape index (κ1) is 12.9. The molecule has 0 unspecified atom stereocenters. The van der Waals surface area contributed by atoms with Crippen molar-refractivity contribution in [3.63, 3.8) is 0 Å². The molecule has 0 spiro atoms. The molecule has 0 aliphatic rings. The third kappa shape index (κ3) is 1.99. The second-order valence-electron chi connectivity index (χ2n) is 3.40. The molecule has 0 amide bonds. The second-order valence-corrected chi connectivity index (χ2v) is 4.20. The molecule has 2 N–H and O–H groups in total. The zero-order valence-corrected chi connectivity index (χ0v) is 10.4. The van der Waals surface area contributed by atoms with Gasteiger partial charge in [0.05, 0.1) is 15.4 Å². The van der Waals surface area contributed by atoms with Gasteiger partial charge >= 0.3 is 16.8 Å². The van der Waals surface area contributed by atoms with Crippen molar-refractivity contribution in [2.45, 2.75) is 0 Å². The van der Waals surface area contributed by atoms with Crippen LogP contribution in [0.5, 0.6) is 0 Å². The first-order valence-electron chi connectivity index (χ1n) is 4.60. The van der Waals surface area contributed by atoms with Gasteiger partial charge in [0, 0.05) is 6.07 Å². The molecule has 0 radical (unpaired) electrons. The van der Waals surface area contributed by atoms with Crippen molar-refractivity contribution in [3.05, 3.63) is 51.5 Å². The normalized spacial score (nSPS) is 10.6. The minimum absolute atomic E-state index is 0.203. The number of benzene rings is 1. The summed E-state index contributed by atoms with van der Waals surface area (Å²) in [6, 6.07) is 0.920. The Morgan fingerprint density at radius 2 is 1.63 bits per heavy atom. The number of rotatable bonds is 2. The highest BCUT2D eigenvalue weighted by Gasteiger charge is 2.28. The molecule has 0 aliphatic carbocycles. The summed E-state index contributed by atoms with van der Waals surface area (Å²) in [5.41, 5.74) is -3.94. The zero-order valence-electron chi connectivity index (χ0n) is 8.80. The molecule has 0 aliphatic heterocycles. The van der Waals surface area contributed by atoms with Gasteiger partial charge in [-0.3, -0.25) is 29.8 Å². The van der Waals surface area contributed by atoms with Crippen molar-refractivity contribution in [1.29, 1.82) is 0 Å². The van der Waals surface area contributed by atoms with E-state index >= 15 is 0 Å². The van der Waals surface area contributed by atoms with Gasteiger partial charge in [-0.1, -0.05) is 0 Å². The summed E-state index contributed by atoms with van der Waals surface area (Å²) < 4.78 is -0.391. The average molecular weight is 331 g/mol. The Morgan fingerprint density at radius 3 is 2.16 bits per heavy atom. The smallest absolute Gasteiger partial charge is 0.315 e. The molecule has 0 saturated heterocycles. The van der Waals surface area contributed by atoms with Crippen molar-refractivity contribution < 1.29 is 9.85 Å². The molecule has 0 fully saturated rings. The van der Waals surface area contributed by atoms with E-state index in [2.05, 4.69) is 15.9 Å². The van der Waals surface area contributed by atoms with Gasteiger partial charge in [0.2, 0.25) is 0 Å². The fraction of sp³-hybridized carbons (Fsp3) is 0. The Labute approximate surface area is 110 Å². The number of aromatic amines is 2. The fourth-order valence-electron chi connectivity index (χ4n) is 1.51. The van der Waals surface area contributed by atoms with Crippen LogP contribution in [0.15, 0.2) is 20.1 Å². The van der Waals surface area contributed by atoms with Crippen LogP contribution in [0, 0.1) is 20.2 Å². The molecule has 98 valence electrons. The van der Waals surface area contributed by atoms with Gasteiger partial charge in [0.25, 0.3) is 5.69 Å². The van der Waals surface area contributed by atoms with E-state index in [-0.39, 0.29) is 11.0 Å². The maximum absolute atomic E-state index is 11.2. The van der Waals surface area contributed by atoms with Crippen LogP contribution in [0.2, 0.25) is 0 Å². The molecule has 11 heteroatoms. The third-order valence-electron chi connectivity index (χ3n) is 2.29. The molecular formula is C8H3BrN4O6. The van der Waals surface area contributed by atoms with E-state index in [0.29, 0.717) is 0 Å². The van der Waals surface area contributed by atoms with Gasteiger partial charge < -0.3 is 9.97 Å². The Balaban J connectivity index is 3.09. The highest BCUT2D eigenvalue weighted by Crippen LogP contribution is 2.38. The van der Waals surface area contributed by atoms with E-state index in [1.165, 1.54) is 0 Å². The number of aromatic nitrogens is 2. The minimum Gasteiger partial charge on any atom is -0.315 e.